The molecule has 0 bridgehead atoms. The van der Waals surface area contributed by atoms with Gasteiger partial charge in [0, 0.05) is 27.3 Å². The van der Waals surface area contributed by atoms with E-state index in [0.717, 1.165) is 0 Å². The van der Waals surface area contributed by atoms with Gasteiger partial charge in [-0.3, -0.25) is 0 Å². The molecule has 0 amide bonds. The molecular formula is C7H14ClNO4S. The van der Waals surface area contributed by atoms with Gasteiger partial charge in [-0.15, -0.1) is 11.6 Å². The molecule has 1 aliphatic rings. The van der Waals surface area contributed by atoms with Crippen LogP contribution in [0.4, 0.5) is 0 Å². The molecule has 1 rings (SSSR count). The van der Waals surface area contributed by atoms with Crippen molar-refractivity contribution in [1.82, 2.24) is 4.31 Å². The Labute approximate surface area is 89.0 Å². The van der Waals surface area contributed by atoms with Crippen LogP contribution in [-0.2, 0) is 19.5 Å². The first-order chi connectivity index (χ1) is 6.55. The zero-order valence-electron chi connectivity index (χ0n) is 8.14. The summed E-state index contributed by atoms with van der Waals surface area (Å²) in [7, 11) is -0.275. The van der Waals surface area contributed by atoms with Crippen LogP contribution >= 0.6 is 11.6 Å². The lowest BCUT2D eigenvalue weighted by molar-refractivity contribution is -0.00461. The van der Waals surface area contributed by atoms with Crippen LogP contribution in [0.1, 0.15) is 0 Å². The molecule has 5 nitrogen and oxygen atoms in total. The quantitative estimate of drug-likeness (QED) is 0.645. The summed E-state index contributed by atoms with van der Waals surface area (Å²) in [6.45, 7) is 0.619. The predicted molar refractivity (Wildman–Crippen MR) is 52.8 cm³/mol. The van der Waals surface area contributed by atoms with Crippen molar-refractivity contribution in [2.24, 2.45) is 0 Å². The Morgan fingerprint density at radius 3 is 2.00 bits per heavy atom. The van der Waals surface area contributed by atoms with Crippen LogP contribution in [0.2, 0.25) is 0 Å². The van der Waals surface area contributed by atoms with Crippen molar-refractivity contribution < 1.29 is 17.9 Å². The summed E-state index contributed by atoms with van der Waals surface area (Å²) >= 11 is 5.34. The average Bonchev–Trinajstić information content (AvgIpc) is 2.61. The van der Waals surface area contributed by atoms with E-state index in [1.165, 1.54) is 18.5 Å². The smallest absolute Gasteiger partial charge is 0.228 e. The first-order valence-electron chi connectivity index (χ1n) is 4.14. The molecule has 7 heteroatoms. The van der Waals surface area contributed by atoms with Crippen molar-refractivity contribution >= 4 is 21.6 Å². The van der Waals surface area contributed by atoms with Crippen LogP contribution in [0.15, 0.2) is 0 Å². The maximum Gasteiger partial charge on any atom is 0.228 e. The van der Waals surface area contributed by atoms with Gasteiger partial charge in [0.05, 0.1) is 12.2 Å². The number of methoxy groups -OCH3 is 2. The third-order valence-corrected chi connectivity index (χ3v) is 4.51. The number of rotatable bonds is 4. The van der Waals surface area contributed by atoms with E-state index in [4.69, 9.17) is 21.1 Å². The standard InChI is InChI=1S/C7H14ClNO4S/c1-12-6-3-9(4-7(6)13-2)14(10,11)5-8/h6-7H,3-5H2,1-2H3. The minimum Gasteiger partial charge on any atom is -0.377 e. The molecular weight excluding hydrogens is 230 g/mol. The number of ether oxygens (including phenoxy) is 2. The molecule has 14 heavy (non-hydrogen) atoms. The highest BCUT2D eigenvalue weighted by Crippen LogP contribution is 2.19. The number of hydrogen-bond donors (Lipinski definition) is 0. The highest BCUT2D eigenvalue weighted by atomic mass is 35.5. The number of nitrogens with zero attached hydrogens (tertiary/aromatic N) is 1. The van der Waals surface area contributed by atoms with E-state index < -0.39 is 15.2 Å². The summed E-state index contributed by atoms with van der Waals surface area (Å²) in [5.41, 5.74) is 0. The van der Waals surface area contributed by atoms with Crippen LogP contribution in [-0.4, -0.2) is 57.5 Å². The number of halogens is 1. The van der Waals surface area contributed by atoms with Crippen molar-refractivity contribution in [3.05, 3.63) is 0 Å². The minimum absolute atomic E-state index is 0.210. The van der Waals surface area contributed by atoms with Crippen LogP contribution in [0.25, 0.3) is 0 Å². The Balaban J connectivity index is 2.71. The Morgan fingerprint density at radius 1 is 1.29 bits per heavy atom. The van der Waals surface area contributed by atoms with Gasteiger partial charge in [-0.25, -0.2) is 8.42 Å². The Bertz CT molecular complexity index is 269. The average molecular weight is 244 g/mol. The van der Waals surface area contributed by atoms with Gasteiger partial charge in [-0.05, 0) is 0 Å². The molecule has 1 heterocycles. The first-order valence-corrected chi connectivity index (χ1v) is 6.29. The van der Waals surface area contributed by atoms with Gasteiger partial charge in [-0.1, -0.05) is 0 Å². The van der Waals surface area contributed by atoms with Gasteiger partial charge in [-0.2, -0.15) is 4.31 Å². The molecule has 0 radical (unpaired) electrons. The van der Waals surface area contributed by atoms with Gasteiger partial charge < -0.3 is 9.47 Å². The molecule has 0 aliphatic carbocycles. The molecule has 0 aromatic heterocycles. The highest BCUT2D eigenvalue weighted by molar-refractivity contribution is 7.90. The lowest BCUT2D eigenvalue weighted by atomic mass is 10.3. The van der Waals surface area contributed by atoms with Crippen LogP contribution < -0.4 is 0 Å². The molecule has 0 saturated carbocycles. The predicted octanol–water partition coefficient (Wildman–Crippen LogP) is -0.142. The molecule has 0 spiro atoms. The molecule has 1 aliphatic heterocycles. The largest absolute Gasteiger partial charge is 0.377 e. The van der Waals surface area contributed by atoms with Crippen LogP contribution in [0.3, 0.4) is 0 Å². The summed E-state index contributed by atoms with van der Waals surface area (Å²) in [6.07, 6.45) is -0.420. The summed E-state index contributed by atoms with van der Waals surface area (Å²) < 4.78 is 34.3. The van der Waals surface area contributed by atoms with Crippen molar-refractivity contribution in [2.45, 2.75) is 12.2 Å². The molecule has 2 atom stereocenters. The first kappa shape index (κ1) is 12.2. The lowest BCUT2D eigenvalue weighted by Gasteiger charge is -2.13. The van der Waals surface area contributed by atoms with Crippen LogP contribution in [0, 0.1) is 0 Å². The Hall–Kier alpha value is 0.120. The van der Waals surface area contributed by atoms with E-state index in [1.54, 1.807) is 0 Å². The normalized spacial score (nSPS) is 29.6. The molecule has 0 aromatic carbocycles. The molecule has 2 unspecified atom stereocenters. The van der Waals surface area contributed by atoms with E-state index in [9.17, 15) is 8.42 Å². The summed E-state index contributed by atoms with van der Waals surface area (Å²) in [5.74, 6) is 0. The van der Waals surface area contributed by atoms with Gasteiger partial charge in [0.15, 0.2) is 0 Å². The zero-order valence-corrected chi connectivity index (χ0v) is 9.71. The van der Waals surface area contributed by atoms with Gasteiger partial charge in [0.2, 0.25) is 10.0 Å². The molecule has 0 aromatic rings. The third-order valence-electron chi connectivity index (χ3n) is 2.32. The van der Waals surface area contributed by atoms with Crippen molar-refractivity contribution in [3.8, 4) is 0 Å². The van der Waals surface area contributed by atoms with E-state index in [-0.39, 0.29) is 12.2 Å². The van der Waals surface area contributed by atoms with Gasteiger partial charge >= 0.3 is 0 Å². The number of alkyl halides is 1. The summed E-state index contributed by atoms with van der Waals surface area (Å²) in [4.78, 5) is 0. The van der Waals surface area contributed by atoms with Crippen LogP contribution in [0.5, 0.6) is 0 Å². The van der Waals surface area contributed by atoms with Crippen molar-refractivity contribution in [1.29, 1.82) is 0 Å². The van der Waals surface area contributed by atoms with E-state index in [1.807, 2.05) is 0 Å². The van der Waals surface area contributed by atoms with E-state index in [0.29, 0.717) is 13.1 Å². The second-order valence-electron chi connectivity index (χ2n) is 3.09. The number of sulfonamides is 1. The maximum absolute atomic E-state index is 11.4. The van der Waals surface area contributed by atoms with Gasteiger partial charge in [0.1, 0.15) is 5.21 Å². The second-order valence-corrected chi connectivity index (χ2v) is 5.64. The second kappa shape index (κ2) is 4.76. The fourth-order valence-corrected chi connectivity index (χ4v) is 2.76. The molecule has 84 valence electrons. The van der Waals surface area contributed by atoms with Gasteiger partial charge in [0.25, 0.3) is 0 Å². The lowest BCUT2D eigenvalue weighted by Crippen LogP contribution is -2.30. The Kier molecular flexibility index (Phi) is 4.15. The number of hydrogen-bond acceptors (Lipinski definition) is 4. The fourth-order valence-electron chi connectivity index (χ4n) is 1.46. The molecule has 1 saturated heterocycles. The molecule has 1 fully saturated rings. The zero-order chi connectivity index (χ0) is 10.8. The maximum atomic E-state index is 11.4. The third kappa shape index (κ3) is 2.38. The highest BCUT2D eigenvalue weighted by Gasteiger charge is 2.38. The summed E-state index contributed by atoms with van der Waals surface area (Å²) in [6, 6.07) is 0. The van der Waals surface area contributed by atoms with E-state index in [2.05, 4.69) is 0 Å². The monoisotopic (exact) mass is 243 g/mol. The van der Waals surface area contributed by atoms with Crippen molar-refractivity contribution in [2.75, 3.05) is 32.5 Å². The SMILES string of the molecule is COC1CN(S(=O)(=O)CCl)CC1OC. The van der Waals surface area contributed by atoms with E-state index >= 15 is 0 Å². The Morgan fingerprint density at radius 2 is 1.71 bits per heavy atom. The fraction of sp³-hybridized carbons (Fsp3) is 1.00. The summed E-state index contributed by atoms with van der Waals surface area (Å²) in [5, 5.41) is -0.403. The topological polar surface area (TPSA) is 55.8 Å². The molecule has 0 N–H and O–H groups in total. The van der Waals surface area contributed by atoms with Crippen molar-refractivity contribution in [3.63, 3.8) is 0 Å². The minimum atomic E-state index is -3.35.